The van der Waals surface area contributed by atoms with E-state index in [9.17, 15) is 9.59 Å². The van der Waals surface area contributed by atoms with Crippen molar-refractivity contribution in [2.45, 2.75) is 31.7 Å². The number of Topliss-reactive ketones (excluding diaryl/α,β-unsaturated/α-hetero) is 1. The van der Waals surface area contributed by atoms with Gasteiger partial charge in [0.25, 0.3) is 0 Å². The Morgan fingerprint density at radius 2 is 1.65 bits per heavy atom. The van der Waals surface area contributed by atoms with Gasteiger partial charge in [0.05, 0.1) is 13.2 Å². The van der Waals surface area contributed by atoms with Gasteiger partial charge in [-0.05, 0) is 58.0 Å². The number of hydrogen-bond acceptors (Lipinski definition) is 5. The summed E-state index contributed by atoms with van der Waals surface area (Å²) in [7, 11) is 1.54. The molecular weight excluding hydrogens is 462 g/mol. The Kier molecular flexibility index (Phi) is 5.76. The summed E-state index contributed by atoms with van der Waals surface area (Å²) in [4.78, 5) is 25.5. The molecule has 4 aromatic carbocycles. The quantitative estimate of drug-likeness (QED) is 0.251. The van der Waals surface area contributed by atoms with Gasteiger partial charge in [-0.15, -0.1) is 0 Å². The number of rotatable bonds is 4. The summed E-state index contributed by atoms with van der Waals surface area (Å²) in [6, 6.07) is 28.0. The van der Waals surface area contributed by atoms with E-state index in [-0.39, 0.29) is 17.7 Å². The summed E-state index contributed by atoms with van der Waals surface area (Å²) in [6.45, 7) is 1.36. The van der Waals surface area contributed by atoms with Crippen molar-refractivity contribution < 1.29 is 19.1 Å². The van der Waals surface area contributed by atoms with Crippen LogP contribution in [0.4, 0.5) is 5.69 Å². The van der Waals surface area contributed by atoms with Crippen molar-refractivity contribution >= 4 is 33.8 Å². The monoisotopic (exact) mass is 489 g/mol. The number of allylic oxidation sites excluding steroid dienone is 1. The van der Waals surface area contributed by atoms with Gasteiger partial charge in [0, 0.05) is 30.2 Å². The number of fused-ring (bicyclic) bond motifs is 4. The lowest BCUT2D eigenvalue weighted by Crippen LogP contribution is -2.29. The highest BCUT2D eigenvalue weighted by atomic mass is 16.6. The molecule has 0 aromatic heterocycles. The first-order chi connectivity index (χ1) is 18.0. The lowest BCUT2D eigenvalue weighted by Gasteiger charge is -2.37. The molecule has 1 N–H and O–H groups in total. The van der Waals surface area contributed by atoms with E-state index in [4.69, 9.17) is 9.47 Å². The van der Waals surface area contributed by atoms with Gasteiger partial charge >= 0.3 is 5.97 Å². The second-order valence-corrected chi connectivity index (χ2v) is 9.62. The average Bonchev–Trinajstić information content (AvgIpc) is 2.92. The van der Waals surface area contributed by atoms with E-state index in [1.54, 1.807) is 13.2 Å². The molecule has 6 rings (SSSR count). The van der Waals surface area contributed by atoms with Gasteiger partial charge in [0.1, 0.15) is 0 Å². The normalized spacial score (nSPS) is 18.6. The minimum Gasteiger partial charge on any atom is -0.493 e. The molecule has 37 heavy (non-hydrogen) atoms. The third-order valence-corrected chi connectivity index (χ3v) is 7.37. The molecule has 0 spiro atoms. The topological polar surface area (TPSA) is 64.6 Å². The van der Waals surface area contributed by atoms with Crippen LogP contribution in [0.1, 0.15) is 48.4 Å². The number of hydrogen-bond donors (Lipinski definition) is 1. The van der Waals surface area contributed by atoms with Crippen molar-refractivity contribution in [2.24, 2.45) is 0 Å². The van der Waals surface area contributed by atoms with Gasteiger partial charge in [-0.25, -0.2) is 0 Å². The number of anilines is 1. The molecule has 2 atom stereocenters. The highest BCUT2D eigenvalue weighted by Gasteiger charge is 2.38. The fourth-order valence-corrected chi connectivity index (χ4v) is 5.76. The standard InChI is InChI=1S/C32H27NO4/c1-19(34)37-28-15-13-22(18-29(28)36-2)32-31-25(16-23(17-27(31)35)20-8-4-3-5-9-20)30-24-11-7-6-10-21(24)12-14-26(30)33-32/h3-15,18,23,32-33H,16-17H2,1-2H3. The van der Waals surface area contributed by atoms with Crippen molar-refractivity contribution in [3.8, 4) is 11.5 Å². The molecule has 184 valence electrons. The summed E-state index contributed by atoms with van der Waals surface area (Å²) < 4.78 is 10.8. The van der Waals surface area contributed by atoms with Gasteiger partial charge in [-0.1, -0.05) is 66.7 Å². The molecule has 0 saturated carbocycles. The highest BCUT2D eigenvalue weighted by molar-refractivity contribution is 6.13. The Morgan fingerprint density at radius 3 is 2.43 bits per heavy atom. The number of benzene rings is 4. The smallest absolute Gasteiger partial charge is 0.308 e. The van der Waals surface area contributed by atoms with Crippen LogP contribution in [0.3, 0.4) is 0 Å². The number of ketones is 1. The number of nitrogens with one attached hydrogen (secondary N) is 1. The fraction of sp³-hybridized carbons (Fsp3) is 0.188. The molecule has 0 fully saturated rings. The average molecular weight is 490 g/mol. The van der Waals surface area contributed by atoms with E-state index < -0.39 is 5.97 Å². The molecule has 4 aromatic rings. The maximum absolute atomic E-state index is 13.9. The van der Waals surface area contributed by atoms with Crippen LogP contribution in [-0.4, -0.2) is 18.9 Å². The summed E-state index contributed by atoms with van der Waals surface area (Å²) in [5, 5.41) is 5.95. The lowest BCUT2D eigenvalue weighted by atomic mass is 9.71. The second-order valence-electron chi connectivity index (χ2n) is 9.62. The van der Waals surface area contributed by atoms with Gasteiger partial charge in [0.2, 0.25) is 0 Å². The molecule has 2 unspecified atom stereocenters. The molecule has 0 radical (unpaired) electrons. The molecule has 1 aliphatic heterocycles. The minimum atomic E-state index is -0.415. The zero-order chi connectivity index (χ0) is 25.5. The zero-order valence-electron chi connectivity index (χ0n) is 20.8. The highest BCUT2D eigenvalue weighted by Crippen LogP contribution is 2.51. The SMILES string of the molecule is COc1cc(C2Nc3ccc4ccccc4c3C3=C2C(=O)CC(c2ccccc2)C3)ccc1OC(C)=O. The van der Waals surface area contributed by atoms with Gasteiger partial charge in [-0.2, -0.15) is 0 Å². The predicted octanol–water partition coefficient (Wildman–Crippen LogP) is 6.84. The minimum absolute atomic E-state index is 0.124. The van der Waals surface area contributed by atoms with Crippen LogP contribution in [0.15, 0.2) is 90.5 Å². The van der Waals surface area contributed by atoms with Crippen molar-refractivity contribution in [1.29, 1.82) is 0 Å². The third-order valence-electron chi connectivity index (χ3n) is 7.37. The molecular formula is C32H27NO4. The third kappa shape index (κ3) is 4.06. The number of carbonyl (C=O) groups is 2. The van der Waals surface area contributed by atoms with Crippen molar-refractivity contribution in [2.75, 3.05) is 12.4 Å². The Morgan fingerprint density at radius 1 is 0.865 bits per heavy atom. The fourth-order valence-electron chi connectivity index (χ4n) is 5.76. The van der Waals surface area contributed by atoms with Gasteiger partial charge in [-0.3, -0.25) is 9.59 Å². The molecule has 0 saturated heterocycles. The van der Waals surface area contributed by atoms with E-state index in [1.165, 1.54) is 12.5 Å². The number of carbonyl (C=O) groups excluding carboxylic acids is 2. The van der Waals surface area contributed by atoms with Crippen LogP contribution < -0.4 is 14.8 Å². The Balaban J connectivity index is 1.53. The molecule has 0 bridgehead atoms. The summed E-state index contributed by atoms with van der Waals surface area (Å²) >= 11 is 0. The van der Waals surface area contributed by atoms with E-state index in [1.807, 2.05) is 42.5 Å². The first kappa shape index (κ1) is 23.0. The van der Waals surface area contributed by atoms with Crippen LogP contribution in [0.5, 0.6) is 11.5 Å². The van der Waals surface area contributed by atoms with Crippen molar-refractivity contribution in [3.63, 3.8) is 0 Å². The van der Waals surface area contributed by atoms with E-state index in [2.05, 4.69) is 41.7 Å². The first-order valence-corrected chi connectivity index (χ1v) is 12.5. The van der Waals surface area contributed by atoms with Crippen molar-refractivity contribution in [1.82, 2.24) is 0 Å². The maximum Gasteiger partial charge on any atom is 0.308 e. The first-order valence-electron chi connectivity index (χ1n) is 12.5. The number of esters is 1. The summed E-state index contributed by atoms with van der Waals surface area (Å²) in [5.74, 6) is 0.663. The number of methoxy groups -OCH3 is 1. The van der Waals surface area contributed by atoms with E-state index in [0.29, 0.717) is 17.9 Å². The second kappa shape index (κ2) is 9.25. The largest absolute Gasteiger partial charge is 0.493 e. The van der Waals surface area contributed by atoms with Crippen LogP contribution in [0.25, 0.3) is 16.3 Å². The molecule has 5 nitrogen and oxygen atoms in total. The van der Waals surface area contributed by atoms with Gasteiger partial charge in [0.15, 0.2) is 17.3 Å². The Bertz CT molecular complexity index is 1570. The lowest BCUT2D eigenvalue weighted by molar-refractivity contribution is -0.132. The molecule has 1 aliphatic carbocycles. The van der Waals surface area contributed by atoms with Crippen molar-refractivity contribution in [3.05, 3.63) is 107 Å². The predicted molar refractivity (Wildman–Crippen MR) is 145 cm³/mol. The van der Waals surface area contributed by atoms with Crippen LogP contribution in [-0.2, 0) is 9.59 Å². The molecule has 5 heteroatoms. The summed E-state index contributed by atoms with van der Waals surface area (Å²) in [5.41, 5.74) is 6.09. The molecule has 0 amide bonds. The summed E-state index contributed by atoms with van der Waals surface area (Å²) in [6.07, 6.45) is 1.25. The van der Waals surface area contributed by atoms with E-state index in [0.717, 1.165) is 45.2 Å². The van der Waals surface area contributed by atoms with Crippen LogP contribution in [0.2, 0.25) is 0 Å². The Labute approximate surface area is 215 Å². The van der Waals surface area contributed by atoms with Crippen LogP contribution in [0, 0.1) is 0 Å². The zero-order valence-corrected chi connectivity index (χ0v) is 20.8. The molecule has 1 heterocycles. The molecule has 2 aliphatic rings. The number of ether oxygens (including phenoxy) is 2. The van der Waals surface area contributed by atoms with Crippen LogP contribution >= 0.6 is 0 Å². The van der Waals surface area contributed by atoms with Gasteiger partial charge < -0.3 is 14.8 Å². The van der Waals surface area contributed by atoms with E-state index >= 15 is 0 Å². The Hall–Kier alpha value is -4.38. The maximum atomic E-state index is 13.9.